The molecule has 0 aromatic heterocycles. The van der Waals surface area contributed by atoms with Gasteiger partial charge in [-0.15, -0.1) is 0 Å². The standard InChI is InChI=1S/C12H14ClN3O/c13-8-1-2-10-11(5-8)16-4-3-14-7-9(16)6-12(17)15-10/h1-2,5,9,14H,3-4,6-7H2,(H,15,17)/t9-/m0/s1. The van der Waals surface area contributed by atoms with Crippen molar-refractivity contribution in [2.75, 3.05) is 29.9 Å². The van der Waals surface area contributed by atoms with E-state index in [4.69, 9.17) is 11.6 Å². The van der Waals surface area contributed by atoms with Crippen molar-refractivity contribution in [3.63, 3.8) is 0 Å². The van der Waals surface area contributed by atoms with Crippen molar-refractivity contribution in [2.24, 2.45) is 0 Å². The number of fused-ring (bicyclic) bond motifs is 3. The van der Waals surface area contributed by atoms with Crippen molar-refractivity contribution in [1.82, 2.24) is 5.32 Å². The Bertz CT molecular complexity index is 463. The molecule has 0 radical (unpaired) electrons. The molecule has 1 atom stereocenters. The second-order valence-electron chi connectivity index (χ2n) is 4.47. The molecular weight excluding hydrogens is 238 g/mol. The molecule has 0 unspecified atom stereocenters. The van der Waals surface area contributed by atoms with Gasteiger partial charge in [-0.3, -0.25) is 4.79 Å². The van der Waals surface area contributed by atoms with Crippen molar-refractivity contribution in [2.45, 2.75) is 12.5 Å². The van der Waals surface area contributed by atoms with Gasteiger partial charge in [0.25, 0.3) is 0 Å². The van der Waals surface area contributed by atoms with Gasteiger partial charge in [-0.05, 0) is 18.2 Å². The fraction of sp³-hybridized carbons (Fsp3) is 0.417. The molecule has 2 aliphatic heterocycles. The maximum atomic E-state index is 11.8. The normalized spacial score (nSPS) is 23.5. The van der Waals surface area contributed by atoms with Crippen LogP contribution < -0.4 is 15.5 Å². The van der Waals surface area contributed by atoms with Gasteiger partial charge < -0.3 is 15.5 Å². The van der Waals surface area contributed by atoms with Crippen LogP contribution in [0.25, 0.3) is 0 Å². The molecule has 1 amide bonds. The first kappa shape index (κ1) is 10.9. The summed E-state index contributed by atoms with van der Waals surface area (Å²) in [4.78, 5) is 14.1. The summed E-state index contributed by atoms with van der Waals surface area (Å²) in [6.07, 6.45) is 0.527. The summed E-state index contributed by atoms with van der Waals surface area (Å²) in [5, 5.41) is 6.97. The van der Waals surface area contributed by atoms with Crippen LogP contribution in [-0.4, -0.2) is 31.6 Å². The Morgan fingerprint density at radius 2 is 2.29 bits per heavy atom. The van der Waals surface area contributed by atoms with Crippen LogP contribution >= 0.6 is 11.6 Å². The van der Waals surface area contributed by atoms with Gasteiger partial charge in [0.1, 0.15) is 0 Å². The van der Waals surface area contributed by atoms with E-state index < -0.39 is 0 Å². The Morgan fingerprint density at radius 3 is 3.18 bits per heavy atom. The highest BCUT2D eigenvalue weighted by molar-refractivity contribution is 6.31. The summed E-state index contributed by atoms with van der Waals surface area (Å²) >= 11 is 6.04. The molecular formula is C12H14ClN3O. The number of carbonyl (C=O) groups excluding carboxylic acids is 1. The number of hydrogen-bond donors (Lipinski definition) is 2. The monoisotopic (exact) mass is 251 g/mol. The van der Waals surface area contributed by atoms with E-state index in [9.17, 15) is 4.79 Å². The SMILES string of the molecule is O=C1C[C@H]2CNCCN2c2cc(Cl)ccc2N1. The Hall–Kier alpha value is -1.26. The maximum absolute atomic E-state index is 11.8. The maximum Gasteiger partial charge on any atom is 0.226 e. The zero-order chi connectivity index (χ0) is 11.8. The number of anilines is 2. The molecule has 0 bridgehead atoms. The van der Waals surface area contributed by atoms with Gasteiger partial charge >= 0.3 is 0 Å². The highest BCUT2D eigenvalue weighted by atomic mass is 35.5. The van der Waals surface area contributed by atoms with Crippen LogP contribution in [0.5, 0.6) is 0 Å². The fourth-order valence-electron chi connectivity index (χ4n) is 2.52. The van der Waals surface area contributed by atoms with Gasteiger partial charge in [0, 0.05) is 31.1 Å². The quantitative estimate of drug-likeness (QED) is 0.734. The van der Waals surface area contributed by atoms with E-state index in [2.05, 4.69) is 15.5 Å². The van der Waals surface area contributed by atoms with Crippen LogP contribution in [0.3, 0.4) is 0 Å². The number of nitrogens with zero attached hydrogens (tertiary/aromatic N) is 1. The molecule has 5 heteroatoms. The average Bonchev–Trinajstić information content (AvgIpc) is 2.45. The van der Waals surface area contributed by atoms with E-state index in [0.717, 1.165) is 31.0 Å². The summed E-state index contributed by atoms with van der Waals surface area (Å²) in [5.74, 6) is 0.0739. The first-order valence-electron chi connectivity index (χ1n) is 5.81. The third-order valence-electron chi connectivity index (χ3n) is 3.31. The molecule has 2 N–H and O–H groups in total. The summed E-state index contributed by atoms with van der Waals surface area (Å²) in [7, 11) is 0. The van der Waals surface area contributed by atoms with Crippen LogP contribution in [0, 0.1) is 0 Å². The van der Waals surface area contributed by atoms with Crippen LogP contribution in [0.15, 0.2) is 18.2 Å². The zero-order valence-electron chi connectivity index (χ0n) is 9.37. The van der Waals surface area contributed by atoms with E-state index in [0.29, 0.717) is 11.4 Å². The Labute approximate surface area is 105 Å². The van der Waals surface area contributed by atoms with Gasteiger partial charge in [0.2, 0.25) is 5.91 Å². The molecule has 0 aliphatic carbocycles. The number of piperazine rings is 1. The van der Waals surface area contributed by atoms with Gasteiger partial charge in [0.05, 0.1) is 17.4 Å². The molecule has 2 aliphatic rings. The van der Waals surface area contributed by atoms with E-state index >= 15 is 0 Å². The van der Waals surface area contributed by atoms with Crippen LogP contribution in [0.4, 0.5) is 11.4 Å². The van der Waals surface area contributed by atoms with Crippen LogP contribution in [0.2, 0.25) is 5.02 Å². The smallest absolute Gasteiger partial charge is 0.226 e. The van der Waals surface area contributed by atoms with Crippen LogP contribution in [0.1, 0.15) is 6.42 Å². The lowest BCUT2D eigenvalue weighted by Gasteiger charge is -2.36. The summed E-state index contributed by atoms with van der Waals surface area (Å²) in [6, 6.07) is 5.84. The van der Waals surface area contributed by atoms with Gasteiger partial charge in [-0.1, -0.05) is 11.6 Å². The number of carbonyl (C=O) groups is 1. The number of benzene rings is 1. The lowest BCUT2D eigenvalue weighted by molar-refractivity contribution is -0.116. The highest BCUT2D eigenvalue weighted by Crippen LogP contribution is 2.34. The average molecular weight is 252 g/mol. The van der Waals surface area contributed by atoms with Gasteiger partial charge in [0.15, 0.2) is 0 Å². The number of nitrogens with one attached hydrogen (secondary N) is 2. The van der Waals surface area contributed by atoms with E-state index in [1.807, 2.05) is 18.2 Å². The molecule has 2 heterocycles. The Kier molecular flexibility index (Phi) is 2.68. The number of rotatable bonds is 0. The molecule has 1 aromatic rings. The molecule has 90 valence electrons. The third kappa shape index (κ3) is 1.98. The molecule has 0 saturated carbocycles. The second-order valence-corrected chi connectivity index (χ2v) is 4.90. The van der Waals surface area contributed by atoms with Crippen molar-refractivity contribution < 1.29 is 4.79 Å². The highest BCUT2D eigenvalue weighted by Gasteiger charge is 2.29. The topological polar surface area (TPSA) is 44.4 Å². The van der Waals surface area contributed by atoms with Crippen molar-refractivity contribution in [1.29, 1.82) is 0 Å². The predicted octanol–water partition coefficient (Wildman–Crippen LogP) is 1.46. The summed E-state index contributed by atoms with van der Waals surface area (Å²) < 4.78 is 0. The lowest BCUT2D eigenvalue weighted by atomic mass is 10.1. The summed E-state index contributed by atoms with van der Waals surface area (Å²) in [6.45, 7) is 2.70. The minimum Gasteiger partial charge on any atom is -0.364 e. The summed E-state index contributed by atoms with van der Waals surface area (Å²) in [5.41, 5.74) is 1.90. The molecule has 17 heavy (non-hydrogen) atoms. The Morgan fingerprint density at radius 1 is 1.41 bits per heavy atom. The Balaban J connectivity index is 2.07. The first-order valence-corrected chi connectivity index (χ1v) is 6.18. The minimum atomic E-state index is 0.0739. The van der Waals surface area contributed by atoms with E-state index in [1.165, 1.54) is 0 Å². The number of halogens is 1. The largest absolute Gasteiger partial charge is 0.364 e. The zero-order valence-corrected chi connectivity index (χ0v) is 10.1. The molecule has 1 saturated heterocycles. The molecule has 1 fully saturated rings. The van der Waals surface area contributed by atoms with Crippen LogP contribution in [-0.2, 0) is 4.79 Å². The number of amides is 1. The van der Waals surface area contributed by atoms with Crippen molar-refractivity contribution in [3.8, 4) is 0 Å². The van der Waals surface area contributed by atoms with Crippen molar-refractivity contribution >= 4 is 28.9 Å². The molecule has 0 spiro atoms. The number of hydrogen-bond acceptors (Lipinski definition) is 3. The van der Waals surface area contributed by atoms with Gasteiger partial charge in [-0.25, -0.2) is 0 Å². The fourth-order valence-corrected chi connectivity index (χ4v) is 2.69. The lowest BCUT2D eigenvalue weighted by Crippen LogP contribution is -2.51. The van der Waals surface area contributed by atoms with Gasteiger partial charge in [-0.2, -0.15) is 0 Å². The first-order chi connectivity index (χ1) is 8.24. The second kappa shape index (κ2) is 4.20. The molecule has 1 aromatic carbocycles. The third-order valence-corrected chi connectivity index (χ3v) is 3.55. The molecule has 3 rings (SSSR count). The van der Waals surface area contributed by atoms with Crippen molar-refractivity contribution in [3.05, 3.63) is 23.2 Å². The minimum absolute atomic E-state index is 0.0739. The van der Waals surface area contributed by atoms with E-state index in [1.54, 1.807) is 0 Å². The van der Waals surface area contributed by atoms with E-state index in [-0.39, 0.29) is 11.9 Å². The molecule has 4 nitrogen and oxygen atoms in total. The predicted molar refractivity (Wildman–Crippen MR) is 68.7 cm³/mol.